The fourth-order valence-corrected chi connectivity index (χ4v) is 2.76. The highest BCUT2D eigenvalue weighted by molar-refractivity contribution is 5.16. The monoisotopic (exact) mass is 220 g/mol. The summed E-state index contributed by atoms with van der Waals surface area (Å²) in [5.41, 5.74) is 6.73. The van der Waals surface area contributed by atoms with E-state index in [2.05, 4.69) is 49.9 Å². The van der Waals surface area contributed by atoms with E-state index in [4.69, 9.17) is 0 Å². The standard InChI is InChI=1S/C14H24N2/c1-11-8-9-12(2)16(11)15-13-7-5-6-10-14(13,3)4/h8-9,13,15H,5-7,10H2,1-4H3. The molecule has 1 N–H and O–H groups in total. The Morgan fingerprint density at radius 1 is 1.19 bits per heavy atom. The lowest BCUT2D eigenvalue weighted by molar-refractivity contribution is 0.205. The lowest BCUT2D eigenvalue weighted by atomic mass is 9.73. The Labute approximate surface area is 99.0 Å². The first kappa shape index (κ1) is 11.6. The quantitative estimate of drug-likeness (QED) is 0.805. The van der Waals surface area contributed by atoms with Crippen molar-refractivity contribution in [3.63, 3.8) is 0 Å². The van der Waals surface area contributed by atoms with Crippen molar-refractivity contribution in [1.29, 1.82) is 0 Å². The predicted octanol–water partition coefficient (Wildman–Crippen LogP) is 3.62. The van der Waals surface area contributed by atoms with Gasteiger partial charge in [-0.2, -0.15) is 0 Å². The van der Waals surface area contributed by atoms with Gasteiger partial charge in [0.05, 0.1) is 0 Å². The smallest absolute Gasteiger partial charge is 0.0475 e. The van der Waals surface area contributed by atoms with E-state index in [-0.39, 0.29) is 0 Å². The van der Waals surface area contributed by atoms with Gasteiger partial charge in [-0.1, -0.05) is 26.7 Å². The Kier molecular flexibility index (Phi) is 3.00. The van der Waals surface area contributed by atoms with E-state index in [0.717, 1.165) is 0 Å². The molecule has 1 heterocycles. The first-order valence-electron chi connectivity index (χ1n) is 6.42. The van der Waals surface area contributed by atoms with Crippen LogP contribution in [0.15, 0.2) is 12.1 Å². The molecular formula is C14H24N2. The summed E-state index contributed by atoms with van der Waals surface area (Å²) in [4.78, 5) is 0. The molecule has 1 aromatic heterocycles. The number of rotatable bonds is 2. The molecule has 0 radical (unpaired) electrons. The molecule has 2 heteroatoms. The van der Waals surface area contributed by atoms with Gasteiger partial charge in [0.15, 0.2) is 0 Å². The zero-order valence-corrected chi connectivity index (χ0v) is 11.0. The van der Waals surface area contributed by atoms with E-state index in [0.29, 0.717) is 11.5 Å². The Balaban J connectivity index is 2.14. The number of hydrogen-bond acceptors (Lipinski definition) is 1. The van der Waals surface area contributed by atoms with Crippen LogP contribution in [0.5, 0.6) is 0 Å². The van der Waals surface area contributed by atoms with E-state index < -0.39 is 0 Å². The Bertz CT molecular complexity index is 343. The van der Waals surface area contributed by atoms with Crippen LogP contribution in [0.25, 0.3) is 0 Å². The molecule has 0 aromatic carbocycles. The van der Waals surface area contributed by atoms with Crippen molar-refractivity contribution in [2.24, 2.45) is 5.41 Å². The van der Waals surface area contributed by atoms with Gasteiger partial charge in [0.25, 0.3) is 0 Å². The summed E-state index contributed by atoms with van der Waals surface area (Å²) in [7, 11) is 0. The van der Waals surface area contributed by atoms with Crippen LogP contribution in [0.4, 0.5) is 0 Å². The van der Waals surface area contributed by atoms with Crippen LogP contribution < -0.4 is 5.43 Å². The third kappa shape index (κ3) is 2.11. The van der Waals surface area contributed by atoms with Gasteiger partial charge in [0.2, 0.25) is 0 Å². The summed E-state index contributed by atoms with van der Waals surface area (Å²) in [6.45, 7) is 9.10. The molecule has 1 aliphatic carbocycles. The maximum absolute atomic E-state index is 3.70. The molecule has 2 nitrogen and oxygen atoms in total. The van der Waals surface area contributed by atoms with Gasteiger partial charge in [-0.3, -0.25) is 4.68 Å². The fraction of sp³-hybridized carbons (Fsp3) is 0.714. The highest BCUT2D eigenvalue weighted by Crippen LogP contribution is 2.36. The van der Waals surface area contributed by atoms with Crippen molar-refractivity contribution in [1.82, 2.24) is 4.68 Å². The fourth-order valence-electron chi connectivity index (χ4n) is 2.76. The molecule has 90 valence electrons. The summed E-state index contributed by atoms with van der Waals surface area (Å²) >= 11 is 0. The molecule has 16 heavy (non-hydrogen) atoms. The van der Waals surface area contributed by atoms with Crippen LogP contribution >= 0.6 is 0 Å². The third-order valence-corrected chi connectivity index (χ3v) is 4.06. The lowest BCUT2D eigenvalue weighted by Crippen LogP contribution is -2.43. The second-order valence-corrected chi connectivity index (χ2v) is 5.87. The maximum atomic E-state index is 3.70. The van der Waals surface area contributed by atoms with Crippen molar-refractivity contribution < 1.29 is 0 Å². The SMILES string of the molecule is Cc1ccc(C)n1NC1CCCCC1(C)C. The van der Waals surface area contributed by atoms with Gasteiger partial charge in [-0.05, 0) is 44.2 Å². The number of aryl methyl sites for hydroxylation is 2. The van der Waals surface area contributed by atoms with Crippen LogP contribution in [0, 0.1) is 19.3 Å². The van der Waals surface area contributed by atoms with Crippen LogP contribution in [-0.2, 0) is 0 Å². The van der Waals surface area contributed by atoms with E-state index in [1.54, 1.807) is 0 Å². The number of nitrogens with zero attached hydrogens (tertiary/aromatic N) is 1. The minimum absolute atomic E-state index is 0.418. The van der Waals surface area contributed by atoms with Crippen molar-refractivity contribution in [3.05, 3.63) is 23.5 Å². The molecule has 1 atom stereocenters. The van der Waals surface area contributed by atoms with Gasteiger partial charge in [0.1, 0.15) is 0 Å². The molecule has 0 saturated heterocycles. The minimum atomic E-state index is 0.418. The summed E-state index contributed by atoms with van der Waals surface area (Å²) in [6.07, 6.45) is 5.38. The number of hydrogen-bond donors (Lipinski definition) is 1. The highest BCUT2D eigenvalue weighted by Gasteiger charge is 2.32. The van der Waals surface area contributed by atoms with Gasteiger partial charge in [-0.25, -0.2) is 0 Å². The Morgan fingerprint density at radius 3 is 2.38 bits per heavy atom. The van der Waals surface area contributed by atoms with Crippen LogP contribution in [-0.4, -0.2) is 10.7 Å². The first-order valence-corrected chi connectivity index (χ1v) is 6.42. The molecule has 1 unspecified atom stereocenters. The molecular weight excluding hydrogens is 196 g/mol. The molecule has 0 aliphatic heterocycles. The number of nitrogens with one attached hydrogen (secondary N) is 1. The minimum Gasteiger partial charge on any atom is -0.322 e. The normalized spacial score (nSPS) is 24.4. The topological polar surface area (TPSA) is 17.0 Å². The lowest BCUT2D eigenvalue weighted by Gasteiger charge is -2.40. The van der Waals surface area contributed by atoms with E-state index in [1.807, 2.05) is 0 Å². The molecule has 1 aliphatic rings. The van der Waals surface area contributed by atoms with Gasteiger partial charge >= 0.3 is 0 Å². The summed E-state index contributed by atoms with van der Waals surface area (Å²) in [5, 5.41) is 0. The Hall–Kier alpha value is -0.920. The number of aromatic nitrogens is 1. The van der Waals surface area contributed by atoms with Crippen LogP contribution in [0.3, 0.4) is 0 Å². The van der Waals surface area contributed by atoms with Crippen molar-refractivity contribution in [3.8, 4) is 0 Å². The average Bonchev–Trinajstić information content (AvgIpc) is 2.52. The molecule has 2 rings (SSSR count). The second-order valence-electron chi connectivity index (χ2n) is 5.87. The molecule has 1 aromatic rings. The molecule has 0 spiro atoms. The van der Waals surface area contributed by atoms with Gasteiger partial charge < -0.3 is 5.43 Å². The largest absolute Gasteiger partial charge is 0.322 e. The van der Waals surface area contributed by atoms with Gasteiger partial charge in [0, 0.05) is 17.4 Å². The van der Waals surface area contributed by atoms with Crippen LogP contribution in [0.2, 0.25) is 0 Å². The van der Waals surface area contributed by atoms with E-state index in [1.165, 1.54) is 37.1 Å². The van der Waals surface area contributed by atoms with E-state index in [9.17, 15) is 0 Å². The second kappa shape index (κ2) is 4.15. The highest BCUT2D eigenvalue weighted by atomic mass is 15.4. The molecule has 1 saturated carbocycles. The molecule has 1 fully saturated rings. The van der Waals surface area contributed by atoms with E-state index >= 15 is 0 Å². The zero-order chi connectivity index (χ0) is 11.8. The third-order valence-electron chi connectivity index (χ3n) is 4.06. The van der Waals surface area contributed by atoms with Crippen molar-refractivity contribution in [2.45, 2.75) is 59.4 Å². The van der Waals surface area contributed by atoms with Crippen molar-refractivity contribution >= 4 is 0 Å². The van der Waals surface area contributed by atoms with Gasteiger partial charge in [-0.15, -0.1) is 0 Å². The van der Waals surface area contributed by atoms with Crippen molar-refractivity contribution in [2.75, 3.05) is 5.43 Å². The summed E-state index contributed by atoms with van der Waals surface area (Å²) in [5.74, 6) is 0. The molecule has 0 bridgehead atoms. The zero-order valence-electron chi connectivity index (χ0n) is 11.0. The molecule has 0 amide bonds. The Morgan fingerprint density at radius 2 is 1.81 bits per heavy atom. The first-order chi connectivity index (χ1) is 7.50. The summed E-state index contributed by atoms with van der Waals surface area (Å²) < 4.78 is 2.25. The van der Waals surface area contributed by atoms with Crippen LogP contribution in [0.1, 0.15) is 50.9 Å². The maximum Gasteiger partial charge on any atom is 0.0475 e. The predicted molar refractivity (Wildman–Crippen MR) is 69.3 cm³/mol. The average molecular weight is 220 g/mol. The summed E-state index contributed by atoms with van der Waals surface area (Å²) in [6, 6.07) is 4.96.